The van der Waals surface area contributed by atoms with Crippen molar-refractivity contribution in [3.05, 3.63) is 28.2 Å². The van der Waals surface area contributed by atoms with Gasteiger partial charge in [-0.25, -0.2) is 0 Å². The van der Waals surface area contributed by atoms with Crippen molar-refractivity contribution in [1.29, 1.82) is 0 Å². The lowest BCUT2D eigenvalue weighted by atomic mass is 10.5. The van der Waals surface area contributed by atoms with Crippen molar-refractivity contribution >= 4 is 5.69 Å². The number of nitro groups is 1. The highest BCUT2D eigenvalue weighted by atomic mass is 16.6. The minimum Gasteiger partial charge on any atom is -0.462 e. The fourth-order valence-electron chi connectivity index (χ4n) is 0.525. The molecule has 4 heteroatoms. The molecule has 0 fully saturated rings. The molecule has 1 rings (SSSR count). The summed E-state index contributed by atoms with van der Waals surface area (Å²) in [6.07, 6.45) is 1.12. The number of aryl methyl sites for hydroxylation is 1. The maximum Gasteiger partial charge on any atom is 0.307 e. The van der Waals surface area contributed by atoms with Crippen molar-refractivity contribution in [3.8, 4) is 0 Å². The Kier molecular flexibility index (Phi) is 1.22. The summed E-state index contributed by atoms with van der Waals surface area (Å²) in [5.74, 6) is 0.557. The average Bonchev–Trinajstić information content (AvgIpc) is 2.14. The first kappa shape index (κ1) is 5.81. The number of hydrogen-bond donors (Lipinski definition) is 0. The lowest BCUT2D eigenvalue weighted by molar-refractivity contribution is -0.385. The van der Waals surface area contributed by atoms with E-state index in [1.165, 1.54) is 6.07 Å². The summed E-state index contributed by atoms with van der Waals surface area (Å²) < 4.78 is 4.68. The van der Waals surface area contributed by atoms with Crippen molar-refractivity contribution in [2.75, 3.05) is 0 Å². The molecule has 48 valence electrons. The molecule has 0 aliphatic rings. The summed E-state index contributed by atoms with van der Waals surface area (Å²) >= 11 is 0. The van der Waals surface area contributed by atoms with Gasteiger partial charge in [-0.15, -0.1) is 0 Å². The SMILES string of the molecule is Cc1cc([N+](=O)[O-])co1. The smallest absolute Gasteiger partial charge is 0.307 e. The number of hydrogen-bond acceptors (Lipinski definition) is 3. The van der Waals surface area contributed by atoms with Gasteiger partial charge in [0.2, 0.25) is 0 Å². The van der Waals surface area contributed by atoms with Crippen LogP contribution in [-0.4, -0.2) is 4.92 Å². The van der Waals surface area contributed by atoms with Crippen LogP contribution >= 0.6 is 0 Å². The molecule has 0 spiro atoms. The molecule has 0 amide bonds. The largest absolute Gasteiger partial charge is 0.462 e. The van der Waals surface area contributed by atoms with E-state index >= 15 is 0 Å². The molecule has 0 aromatic carbocycles. The summed E-state index contributed by atoms with van der Waals surface area (Å²) in [7, 11) is 0. The molecule has 4 nitrogen and oxygen atoms in total. The molecule has 0 atom stereocenters. The maximum absolute atomic E-state index is 9.96. The van der Waals surface area contributed by atoms with Crippen LogP contribution < -0.4 is 0 Å². The van der Waals surface area contributed by atoms with Gasteiger partial charge in [0, 0.05) is 0 Å². The second-order valence-corrected chi connectivity index (χ2v) is 1.67. The first-order chi connectivity index (χ1) is 4.20. The van der Waals surface area contributed by atoms with Gasteiger partial charge < -0.3 is 4.42 Å². The standard InChI is InChI=1S/C5H5NO3/c1-4-2-5(3-9-4)6(7)8/h2-3H,1H3. The summed E-state index contributed by atoms with van der Waals surface area (Å²) in [6.45, 7) is 1.66. The van der Waals surface area contributed by atoms with Crippen molar-refractivity contribution < 1.29 is 9.34 Å². The first-order valence-electron chi connectivity index (χ1n) is 2.39. The van der Waals surface area contributed by atoms with Crippen LogP contribution in [0.15, 0.2) is 16.7 Å². The number of nitrogens with zero attached hydrogens (tertiary/aromatic N) is 1. The van der Waals surface area contributed by atoms with Crippen LogP contribution in [0.2, 0.25) is 0 Å². The molecule has 0 bridgehead atoms. The van der Waals surface area contributed by atoms with Gasteiger partial charge >= 0.3 is 5.69 Å². The molecule has 1 aromatic rings. The zero-order valence-electron chi connectivity index (χ0n) is 4.83. The van der Waals surface area contributed by atoms with E-state index in [0.29, 0.717) is 5.76 Å². The van der Waals surface area contributed by atoms with Gasteiger partial charge in [-0.3, -0.25) is 10.1 Å². The highest BCUT2D eigenvalue weighted by Gasteiger charge is 2.06. The van der Waals surface area contributed by atoms with Gasteiger partial charge in [0.1, 0.15) is 5.76 Å². The highest BCUT2D eigenvalue weighted by molar-refractivity contribution is 5.25. The van der Waals surface area contributed by atoms with E-state index in [9.17, 15) is 10.1 Å². The van der Waals surface area contributed by atoms with Crippen LogP contribution in [0.5, 0.6) is 0 Å². The molecule has 0 radical (unpaired) electrons. The Bertz CT molecular complexity index is 228. The van der Waals surface area contributed by atoms with Gasteiger partial charge in [0.15, 0.2) is 6.26 Å². The van der Waals surface area contributed by atoms with Crippen LogP contribution in [0.4, 0.5) is 5.69 Å². The Morgan fingerprint density at radius 2 is 2.44 bits per heavy atom. The van der Waals surface area contributed by atoms with Crippen molar-refractivity contribution in [2.45, 2.75) is 6.92 Å². The second-order valence-electron chi connectivity index (χ2n) is 1.67. The van der Waals surface area contributed by atoms with Crippen molar-refractivity contribution in [3.63, 3.8) is 0 Å². The second kappa shape index (κ2) is 1.89. The van der Waals surface area contributed by atoms with E-state index in [4.69, 9.17) is 0 Å². The van der Waals surface area contributed by atoms with E-state index in [0.717, 1.165) is 6.26 Å². The zero-order valence-corrected chi connectivity index (χ0v) is 4.83. The van der Waals surface area contributed by atoms with E-state index in [1.54, 1.807) is 6.92 Å². The van der Waals surface area contributed by atoms with Crippen LogP contribution in [-0.2, 0) is 0 Å². The molecular weight excluding hydrogens is 122 g/mol. The van der Waals surface area contributed by atoms with Gasteiger partial charge in [-0.05, 0) is 6.92 Å². The van der Waals surface area contributed by atoms with Crippen LogP contribution in [0.3, 0.4) is 0 Å². The van der Waals surface area contributed by atoms with E-state index < -0.39 is 4.92 Å². The van der Waals surface area contributed by atoms with E-state index in [-0.39, 0.29) is 5.69 Å². The summed E-state index contributed by atoms with van der Waals surface area (Å²) in [6, 6.07) is 1.38. The molecule has 0 saturated heterocycles. The summed E-state index contributed by atoms with van der Waals surface area (Å²) in [5.41, 5.74) is 0.00694. The van der Waals surface area contributed by atoms with E-state index in [2.05, 4.69) is 4.42 Å². The average molecular weight is 127 g/mol. The van der Waals surface area contributed by atoms with E-state index in [1.807, 2.05) is 0 Å². The lowest BCUT2D eigenvalue weighted by Gasteiger charge is -1.76. The topological polar surface area (TPSA) is 56.3 Å². The minimum absolute atomic E-state index is 0.00694. The Balaban J connectivity index is 2.98. The van der Waals surface area contributed by atoms with Crippen molar-refractivity contribution in [1.82, 2.24) is 0 Å². The number of furan rings is 1. The van der Waals surface area contributed by atoms with Gasteiger partial charge in [0.25, 0.3) is 0 Å². The molecule has 0 aliphatic carbocycles. The van der Waals surface area contributed by atoms with Gasteiger partial charge in [-0.1, -0.05) is 0 Å². The maximum atomic E-state index is 9.96. The fourth-order valence-corrected chi connectivity index (χ4v) is 0.525. The Hall–Kier alpha value is -1.32. The summed E-state index contributed by atoms with van der Waals surface area (Å²) in [5, 5.41) is 9.96. The fraction of sp³-hybridized carbons (Fsp3) is 0.200. The predicted molar refractivity (Wildman–Crippen MR) is 30.1 cm³/mol. The molecule has 0 N–H and O–H groups in total. The third-order valence-electron chi connectivity index (χ3n) is 0.928. The molecule has 0 saturated carbocycles. The minimum atomic E-state index is -0.490. The third kappa shape index (κ3) is 1.07. The first-order valence-corrected chi connectivity index (χ1v) is 2.39. The Morgan fingerprint density at radius 1 is 1.78 bits per heavy atom. The summed E-state index contributed by atoms with van der Waals surface area (Å²) in [4.78, 5) is 9.47. The molecular formula is C5H5NO3. The number of rotatable bonds is 1. The molecule has 0 unspecified atom stereocenters. The van der Waals surface area contributed by atoms with Crippen LogP contribution in [0.25, 0.3) is 0 Å². The van der Waals surface area contributed by atoms with Crippen LogP contribution in [0, 0.1) is 17.0 Å². The molecule has 9 heavy (non-hydrogen) atoms. The monoisotopic (exact) mass is 127 g/mol. The molecule has 1 heterocycles. The predicted octanol–water partition coefficient (Wildman–Crippen LogP) is 1.50. The quantitative estimate of drug-likeness (QED) is 0.424. The Labute approximate surface area is 51.2 Å². The zero-order chi connectivity index (χ0) is 6.85. The molecule has 1 aromatic heterocycles. The normalized spacial score (nSPS) is 9.44. The lowest BCUT2D eigenvalue weighted by Crippen LogP contribution is -1.82. The van der Waals surface area contributed by atoms with Crippen LogP contribution in [0.1, 0.15) is 5.76 Å². The highest BCUT2D eigenvalue weighted by Crippen LogP contribution is 2.13. The Morgan fingerprint density at radius 3 is 2.67 bits per heavy atom. The van der Waals surface area contributed by atoms with Crippen molar-refractivity contribution in [2.24, 2.45) is 0 Å². The van der Waals surface area contributed by atoms with Gasteiger partial charge in [0.05, 0.1) is 11.0 Å². The third-order valence-corrected chi connectivity index (χ3v) is 0.928. The van der Waals surface area contributed by atoms with Gasteiger partial charge in [-0.2, -0.15) is 0 Å². The molecule has 0 aliphatic heterocycles.